The minimum atomic E-state index is 0.527. The van der Waals surface area contributed by atoms with Gasteiger partial charge in [-0.15, -0.1) is 15.3 Å². The van der Waals surface area contributed by atoms with Crippen molar-refractivity contribution in [2.24, 2.45) is 7.05 Å². The van der Waals surface area contributed by atoms with Crippen molar-refractivity contribution in [3.63, 3.8) is 0 Å². The number of nitrogens with two attached hydrogens (primary N) is 1. The van der Waals surface area contributed by atoms with Crippen molar-refractivity contribution < 1.29 is 0 Å². The largest absolute Gasteiger partial charge is 0.381 e. The average Bonchev–Trinajstić information content (AvgIpc) is 3.01. The van der Waals surface area contributed by atoms with Gasteiger partial charge >= 0.3 is 0 Å². The van der Waals surface area contributed by atoms with E-state index in [1.807, 2.05) is 23.2 Å². The second-order valence-corrected chi connectivity index (χ2v) is 4.51. The molecule has 1 saturated carbocycles. The number of aromatic nitrogens is 6. The van der Waals surface area contributed by atoms with Crippen molar-refractivity contribution in [3.05, 3.63) is 17.3 Å². The summed E-state index contributed by atoms with van der Waals surface area (Å²) in [5.41, 5.74) is 6.89. The van der Waals surface area contributed by atoms with E-state index in [0.717, 1.165) is 17.3 Å². The van der Waals surface area contributed by atoms with E-state index in [9.17, 15) is 0 Å². The summed E-state index contributed by atoms with van der Waals surface area (Å²) in [6, 6.07) is 0. The van der Waals surface area contributed by atoms with Gasteiger partial charge < -0.3 is 10.3 Å². The fourth-order valence-corrected chi connectivity index (χ4v) is 1.95. The third-order valence-electron chi connectivity index (χ3n) is 3.24. The molecule has 0 atom stereocenters. The SMILES string of the molecule is Cc1nnc(Cn2nnc(N)c2C2CC2)n1C. The molecule has 0 bridgehead atoms. The Hall–Kier alpha value is -1.92. The topological polar surface area (TPSA) is 87.4 Å². The smallest absolute Gasteiger partial charge is 0.169 e. The van der Waals surface area contributed by atoms with Crippen LogP contribution >= 0.6 is 0 Å². The highest BCUT2D eigenvalue weighted by atomic mass is 15.5. The Balaban J connectivity index is 1.92. The van der Waals surface area contributed by atoms with Crippen LogP contribution in [-0.4, -0.2) is 29.8 Å². The third kappa shape index (κ3) is 1.67. The molecule has 1 fully saturated rings. The molecule has 2 N–H and O–H groups in total. The van der Waals surface area contributed by atoms with Crippen molar-refractivity contribution in [1.82, 2.24) is 29.8 Å². The Morgan fingerprint density at radius 3 is 2.65 bits per heavy atom. The molecular formula is C10H15N7. The molecular weight excluding hydrogens is 218 g/mol. The van der Waals surface area contributed by atoms with Crippen LogP contribution in [0.3, 0.4) is 0 Å². The van der Waals surface area contributed by atoms with Gasteiger partial charge in [0.05, 0.1) is 5.69 Å². The molecule has 90 valence electrons. The summed E-state index contributed by atoms with van der Waals surface area (Å²) in [7, 11) is 1.95. The Labute approximate surface area is 98.6 Å². The van der Waals surface area contributed by atoms with Crippen LogP contribution in [0, 0.1) is 6.92 Å². The first kappa shape index (κ1) is 10.2. The maximum absolute atomic E-state index is 5.84. The fourth-order valence-electron chi connectivity index (χ4n) is 1.95. The number of hydrogen-bond acceptors (Lipinski definition) is 5. The van der Waals surface area contributed by atoms with Gasteiger partial charge in [-0.1, -0.05) is 5.21 Å². The van der Waals surface area contributed by atoms with E-state index >= 15 is 0 Å². The zero-order valence-corrected chi connectivity index (χ0v) is 9.96. The van der Waals surface area contributed by atoms with Crippen LogP contribution in [0.4, 0.5) is 5.82 Å². The summed E-state index contributed by atoms with van der Waals surface area (Å²) in [6.45, 7) is 2.50. The molecule has 3 rings (SSSR count). The summed E-state index contributed by atoms with van der Waals surface area (Å²) < 4.78 is 3.80. The number of hydrogen-bond donors (Lipinski definition) is 1. The molecule has 1 aliphatic rings. The van der Waals surface area contributed by atoms with Gasteiger partial charge in [-0.25, -0.2) is 4.68 Å². The monoisotopic (exact) mass is 233 g/mol. The van der Waals surface area contributed by atoms with Crippen molar-refractivity contribution in [2.45, 2.75) is 32.2 Å². The van der Waals surface area contributed by atoms with Gasteiger partial charge in [0.25, 0.3) is 0 Å². The molecule has 2 aromatic rings. The van der Waals surface area contributed by atoms with Crippen LogP contribution in [0.5, 0.6) is 0 Å². The van der Waals surface area contributed by atoms with E-state index in [1.165, 1.54) is 12.8 Å². The highest BCUT2D eigenvalue weighted by Gasteiger charge is 2.30. The second kappa shape index (κ2) is 3.54. The molecule has 0 spiro atoms. The van der Waals surface area contributed by atoms with Gasteiger partial charge in [-0.3, -0.25) is 0 Å². The van der Waals surface area contributed by atoms with Crippen molar-refractivity contribution in [2.75, 3.05) is 5.73 Å². The lowest BCUT2D eigenvalue weighted by Crippen LogP contribution is -2.11. The number of nitrogen functional groups attached to an aromatic ring is 1. The Kier molecular flexibility index (Phi) is 2.13. The number of nitrogens with zero attached hydrogens (tertiary/aromatic N) is 6. The quantitative estimate of drug-likeness (QED) is 0.819. The van der Waals surface area contributed by atoms with E-state index in [4.69, 9.17) is 5.73 Å². The highest BCUT2D eigenvalue weighted by Crippen LogP contribution is 2.41. The van der Waals surface area contributed by atoms with Crippen LogP contribution in [0.15, 0.2) is 0 Å². The lowest BCUT2D eigenvalue weighted by molar-refractivity contribution is 0.581. The molecule has 0 aromatic carbocycles. The molecule has 0 unspecified atom stereocenters. The predicted octanol–water partition coefficient (Wildman–Crippen LogP) is 0.223. The van der Waals surface area contributed by atoms with Gasteiger partial charge in [0, 0.05) is 13.0 Å². The van der Waals surface area contributed by atoms with Crippen LogP contribution in [0.1, 0.15) is 36.1 Å². The summed E-state index contributed by atoms with van der Waals surface area (Å²) in [4.78, 5) is 0. The van der Waals surface area contributed by atoms with E-state index in [-0.39, 0.29) is 0 Å². The molecule has 0 saturated heterocycles. The van der Waals surface area contributed by atoms with Gasteiger partial charge in [0.2, 0.25) is 0 Å². The first-order chi connectivity index (χ1) is 8.16. The van der Waals surface area contributed by atoms with Gasteiger partial charge in [0.15, 0.2) is 11.6 Å². The lowest BCUT2D eigenvalue weighted by Gasteiger charge is -2.05. The molecule has 0 radical (unpaired) electrons. The van der Waals surface area contributed by atoms with Crippen molar-refractivity contribution >= 4 is 5.82 Å². The van der Waals surface area contributed by atoms with Crippen LogP contribution in [0.25, 0.3) is 0 Å². The summed E-state index contributed by atoms with van der Waals surface area (Å²) in [6.07, 6.45) is 2.35. The number of rotatable bonds is 3. The minimum absolute atomic E-state index is 0.527. The predicted molar refractivity (Wildman–Crippen MR) is 61.3 cm³/mol. The standard InChI is InChI=1S/C10H15N7/c1-6-12-13-8(16(6)2)5-17-9(7-3-4-7)10(11)14-15-17/h7H,3-5,11H2,1-2H3. The van der Waals surface area contributed by atoms with Crippen molar-refractivity contribution in [3.8, 4) is 0 Å². The second-order valence-electron chi connectivity index (χ2n) is 4.51. The average molecular weight is 233 g/mol. The Bertz CT molecular complexity index is 549. The third-order valence-corrected chi connectivity index (χ3v) is 3.24. The first-order valence-corrected chi connectivity index (χ1v) is 5.70. The molecule has 2 heterocycles. The maximum atomic E-state index is 5.84. The zero-order valence-electron chi connectivity index (χ0n) is 9.96. The summed E-state index contributed by atoms with van der Waals surface area (Å²) in [5, 5.41) is 16.2. The van der Waals surface area contributed by atoms with Gasteiger partial charge in [-0.2, -0.15) is 0 Å². The molecule has 7 nitrogen and oxygen atoms in total. The highest BCUT2D eigenvalue weighted by molar-refractivity contribution is 5.38. The lowest BCUT2D eigenvalue weighted by atomic mass is 10.3. The van der Waals surface area contributed by atoms with E-state index in [2.05, 4.69) is 20.5 Å². The molecule has 2 aromatic heterocycles. The van der Waals surface area contributed by atoms with Gasteiger partial charge in [0.1, 0.15) is 12.4 Å². The van der Waals surface area contributed by atoms with Crippen LogP contribution in [0.2, 0.25) is 0 Å². The van der Waals surface area contributed by atoms with Crippen LogP contribution in [-0.2, 0) is 13.6 Å². The molecule has 0 aliphatic heterocycles. The number of anilines is 1. The zero-order chi connectivity index (χ0) is 12.0. The van der Waals surface area contributed by atoms with E-state index in [0.29, 0.717) is 18.3 Å². The Morgan fingerprint density at radius 2 is 2.06 bits per heavy atom. The van der Waals surface area contributed by atoms with E-state index < -0.39 is 0 Å². The molecule has 0 amide bonds. The van der Waals surface area contributed by atoms with E-state index in [1.54, 1.807) is 0 Å². The van der Waals surface area contributed by atoms with Gasteiger partial charge in [-0.05, 0) is 19.8 Å². The summed E-state index contributed by atoms with van der Waals surface area (Å²) in [5.74, 6) is 2.83. The van der Waals surface area contributed by atoms with Crippen LogP contribution < -0.4 is 5.73 Å². The molecule has 1 aliphatic carbocycles. The first-order valence-electron chi connectivity index (χ1n) is 5.70. The van der Waals surface area contributed by atoms with Crippen molar-refractivity contribution in [1.29, 1.82) is 0 Å². The maximum Gasteiger partial charge on any atom is 0.169 e. The molecule has 7 heteroatoms. The number of aryl methyl sites for hydroxylation is 1. The fraction of sp³-hybridized carbons (Fsp3) is 0.600. The Morgan fingerprint density at radius 1 is 1.29 bits per heavy atom. The molecule has 17 heavy (non-hydrogen) atoms. The summed E-state index contributed by atoms with van der Waals surface area (Å²) >= 11 is 0. The normalized spacial score (nSPS) is 15.4. The minimum Gasteiger partial charge on any atom is -0.381 e.